The highest BCUT2D eigenvalue weighted by atomic mass is 16.2. The van der Waals surface area contributed by atoms with Crippen LogP contribution < -0.4 is 5.32 Å². The molecule has 0 aromatic heterocycles. The summed E-state index contributed by atoms with van der Waals surface area (Å²) in [5.74, 6) is 3.29. The summed E-state index contributed by atoms with van der Waals surface area (Å²) < 4.78 is 0. The fraction of sp³-hybridized carbons (Fsp3) is 0.708. The molecule has 5 fully saturated rings. The standard InChI is InChI=1S/C24H34N2O/c1-17-2-4-18(5-3-17)16-26-8-6-22(7-9-26)23(27)25-24-13-19-10-20(14-24)12-21(11-19)15-24/h2-5,19-22H,6-16H2,1H3,(H,25,27). The zero-order chi connectivity index (χ0) is 18.4. The van der Waals surface area contributed by atoms with E-state index in [0.717, 1.165) is 50.2 Å². The average molecular weight is 367 g/mol. The van der Waals surface area contributed by atoms with Crippen LogP contribution in [-0.4, -0.2) is 29.4 Å². The van der Waals surface area contributed by atoms with Crippen molar-refractivity contribution in [2.45, 2.75) is 70.4 Å². The van der Waals surface area contributed by atoms with Gasteiger partial charge in [0.1, 0.15) is 0 Å². The smallest absolute Gasteiger partial charge is 0.223 e. The Morgan fingerprint density at radius 2 is 1.56 bits per heavy atom. The van der Waals surface area contributed by atoms with Gasteiger partial charge in [0, 0.05) is 18.0 Å². The molecule has 0 radical (unpaired) electrons. The topological polar surface area (TPSA) is 32.3 Å². The van der Waals surface area contributed by atoms with E-state index in [2.05, 4.69) is 41.4 Å². The summed E-state index contributed by atoms with van der Waals surface area (Å²) in [6, 6.07) is 8.87. The van der Waals surface area contributed by atoms with Crippen molar-refractivity contribution < 1.29 is 4.79 Å². The Labute approximate surface area is 163 Å². The predicted octanol–water partition coefficient (Wildman–Crippen LogP) is 4.29. The maximum Gasteiger partial charge on any atom is 0.223 e. The first-order valence-electron chi connectivity index (χ1n) is 11.2. The molecule has 1 saturated heterocycles. The summed E-state index contributed by atoms with van der Waals surface area (Å²) in [7, 11) is 0. The van der Waals surface area contributed by atoms with Gasteiger partial charge in [-0.05, 0) is 94.7 Å². The number of amides is 1. The Balaban J connectivity index is 1.14. The second-order valence-corrected chi connectivity index (χ2v) is 10.2. The molecule has 1 aromatic carbocycles. The number of carbonyl (C=O) groups excluding carboxylic acids is 1. The van der Waals surface area contributed by atoms with E-state index in [0.29, 0.717) is 5.91 Å². The average Bonchev–Trinajstić information content (AvgIpc) is 2.63. The lowest BCUT2D eigenvalue weighted by molar-refractivity contribution is -0.132. The van der Waals surface area contributed by atoms with Crippen molar-refractivity contribution in [2.24, 2.45) is 23.7 Å². The Kier molecular flexibility index (Phi) is 4.54. The number of carbonyl (C=O) groups is 1. The summed E-state index contributed by atoms with van der Waals surface area (Å²) in [4.78, 5) is 15.6. The number of aryl methyl sites for hydroxylation is 1. The molecule has 0 atom stereocenters. The van der Waals surface area contributed by atoms with Crippen LogP contribution in [0.15, 0.2) is 24.3 Å². The zero-order valence-corrected chi connectivity index (χ0v) is 16.8. The maximum atomic E-state index is 13.1. The molecule has 1 N–H and O–H groups in total. The van der Waals surface area contributed by atoms with Crippen LogP contribution in [0.3, 0.4) is 0 Å². The second kappa shape index (κ2) is 6.92. The summed E-state index contributed by atoms with van der Waals surface area (Å²) in [6.45, 7) is 5.25. The minimum Gasteiger partial charge on any atom is -0.350 e. The molecule has 5 aliphatic rings. The van der Waals surface area contributed by atoms with E-state index in [4.69, 9.17) is 0 Å². The van der Waals surface area contributed by atoms with Crippen molar-refractivity contribution in [3.8, 4) is 0 Å². The van der Waals surface area contributed by atoms with Crippen LogP contribution in [-0.2, 0) is 11.3 Å². The number of nitrogens with zero attached hydrogens (tertiary/aromatic N) is 1. The van der Waals surface area contributed by atoms with Crippen molar-refractivity contribution in [3.63, 3.8) is 0 Å². The highest BCUT2D eigenvalue weighted by Gasteiger charge is 2.51. The van der Waals surface area contributed by atoms with Crippen LogP contribution >= 0.6 is 0 Å². The third kappa shape index (κ3) is 3.68. The van der Waals surface area contributed by atoms with E-state index < -0.39 is 0 Å². The van der Waals surface area contributed by atoms with Gasteiger partial charge in [-0.15, -0.1) is 0 Å². The summed E-state index contributed by atoms with van der Waals surface area (Å²) >= 11 is 0. The molecule has 4 bridgehead atoms. The van der Waals surface area contributed by atoms with Gasteiger partial charge in [-0.3, -0.25) is 9.69 Å². The molecule has 1 heterocycles. The van der Waals surface area contributed by atoms with E-state index in [1.807, 2.05) is 0 Å². The SMILES string of the molecule is Cc1ccc(CN2CCC(C(=O)NC34CC5CC(CC(C5)C3)C4)CC2)cc1. The van der Waals surface area contributed by atoms with Gasteiger partial charge in [0.2, 0.25) is 5.91 Å². The molecule has 0 unspecified atom stereocenters. The van der Waals surface area contributed by atoms with Crippen LogP contribution in [0.2, 0.25) is 0 Å². The van der Waals surface area contributed by atoms with E-state index in [-0.39, 0.29) is 11.5 Å². The third-order valence-corrected chi connectivity index (χ3v) is 7.91. The number of piperidine rings is 1. The molecular weight excluding hydrogens is 332 g/mol. The quantitative estimate of drug-likeness (QED) is 0.862. The van der Waals surface area contributed by atoms with E-state index in [1.165, 1.54) is 49.7 Å². The minimum absolute atomic E-state index is 0.171. The molecule has 27 heavy (non-hydrogen) atoms. The first-order chi connectivity index (χ1) is 13.1. The number of nitrogens with one attached hydrogen (secondary N) is 1. The lowest BCUT2D eigenvalue weighted by atomic mass is 9.53. The largest absolute Gasteiger partial charge is 0.350 e. The normalized spacial score (nSPS) is 36.1. The van der Waals surface area contributed by atoms with E-state index in [1.54, 1.807) is 0 Å². The van der Waals surface area contributed by atoms with Gasteiger partial charge in [0.25, 0.3) is 0 Å². The Bertz CT molecular complexity index is 652. The Morgan fingerprint density at radius 1 is 1.00 bits per heavy atom. The van der Waals surface area contributed by atoms with Gasteiger partial charge in [0.05, 0.1) is 0 Å². The van der Waals surface area contributed by atoms with Gasteiger partial charge in [-0.1, -0.05) is 29.8 Å². The first kappa shape index (κ1) is 17.7. The maximum absolute atomic E-state index is 13.1. The Morgan fingerprint density at radius 3 is 2.11 bits per heavy atom. The van der Waals surface area contributed by atoms with Crippen molar-refractivity contribution in [2.75, 3.05) is 13.1 Å². The van der Waals surface area contributed by atoms with Crippen molar-refractivity contribution in [1.82, 2.24) is 10.2 Å². The number of hydrogen-bond acceptors (Lipinski definition) is 2. The molecule has 0 spiro atoms. The van der Waals surface area contributed by atoms with Gasteiger partial charge in [-0.25, -0.2) is 0 Å². The van der Waals surface area contributed by atoms with Crippen LogP contribution in [0.4, 0.5) is 0 Å². The fourth-order valence-electron chi connectivity index (χ4n) is 6.93. The summed E-state index contributed by atoms with van der Waals surface area (Å²) in [6.07, 6.45) is 10.1. The zero-order valence-electron chi connectivity index (χ0n) is 16.8. The summed E-state index contributed by atoms with van der Waals surface area (Å²) in [5.41, 5.74) is 2.88. The number of likely N-dealkylation sites (tertiary alicyclic amines) is 1. The van der Waals surface area contributed by atoms with Crippen LogP contribution in [0, 0.1) is 30.6 Å². The number of hydrogen-bond donors (Lipinski definition) is 1. The van der Waals surface area contributed by atoms with E-state index >= 15 is 0 Å². The highest BCUT2D eigenvalue weighted by Crippen LogP contribution is 2.55. The molecule has 4 saturated carbocycles. The highest BCUT2D eigenvalue weighted by molar-refractivity contribution is 5.79. The monoisotopic (exact) mass is 366 g/mol. The van der Waals surface area contributed by atoms with Gasteiger partial charge >= 0.3 is 0 Å². The van der Waals surface area contributed by atoms with Crippen molar-refractivity contribution in [3.05, 3.63) is 35.4 Å². The molecule has 3 nitrogen and oxygen atoms in total. The van der Waals surface area contributed by atoms with Crippen LogP contribution in [0.5, 0.6) is 0 Å². The molecule has 6 rings (SSSR count). The molecule has 1 amide bonds. The number of rotatable bonds is 4. The molecule has 4 aliphatic carbocycles. The van der Waals surface area contributed by atoms with Gasteiger partial charge < -0.3 is 5.32 Å². The van der Waals surface area contributed by atoms with Crippen LogP contribution in [0.1, 0.15) is 62.5 Å². The van der Waals surface area contributed by atoms with E-state index in [9.17, 15) is 4.79 Å². The fourth-order valence-corrected chi connectivity index (χ4v) is 6.93. The minimum atomic E-state index is 0.171. The lowest BCUT2D eigenvalue weighted by Gasteiger charge is -2.57. The van der Waals surface area contributed by atoms with Crippen molar-refractivity contribution in [1.29, 1.82) is 0 Å². The molecule has 146 valence electrons. The molecular formula is C24H34N2O. The number of benzene rings is 1. The van der Waals surface area contributed by atoms with Gasteiger partial charge in [-0.2, -0.15) is 0 Å². The molecule has 3 heteroatoms. The molecule has 1 aliphatic heterocycles. The Hall–Kier alpha value is -1.35. The lowest BCUT2D eigenvalue weighted by Crippen LogP contribution is -2.61. The molecule has 1 aromatic rings. The van der Waals surface area contributed by atoms with Crippen molar-refractivity contribution >= 4 is 5.91 Å². The third-order valence-electron chi connectivity index (χ3n) is 7.91. The second-order valence-electron chi connectivity index (χ2n) is 10.2. The first-order valence-corrected chi connectivity index (χ1v) is 11.2. The van der Waals surface area contributed by atoms with Gasteiger partial charge in [0.15, 0.2) is 0 Å². The van der Waals surface area contributed by atoms with Crippen LogP contribution in [0.25, 0.3) is 0 Å². The predicted molar refractivity (Wildman–Crippen MR) is 108 cm³/mol. The summed E-state index contributed by atoms with van der Waals surface area (Å²) in [5, 5.41) is 3.61.